The number of allylic oxidation sites excluding steroid dienone is 1. The Hall–Kier alpha value is -1.04. The maximum Gasteiger partial charge on any atom is 0.190 e. The van der Waals surface area contributed by atoms with Crippen LogP contribution in [0.2, 0.25) is 0 Å². The van der Waals surface area contributed by atoms with Crippen molar-refractivity contribution in [3.05, 3.63) is 11.6 Å². The molecule has 0 aromatic rings. The molecule has 0 unspecified atom stereocenters. The van der Waals surface area contributed by atoms with Crippen molar-refractivity contribution >= 4 is 11.6 Å². The fourth-order valence-electron chi connectivity index (χ4n) is 7.28. The molecule has 5 heteroatoms. The topological polar surface area (TPSA) is 94.8 Å². The maximum atomic E-state index is 12.4. The van der Waals surface area contributed by atoms with Crippen LogP contribution >= 0.6 is 0 Å². The number of rotatable bonds is 3. The van der Waals surface area contributed by atoms with E-state index in [1.165, 1.54) is 18.4 Å². The fourth-order valence-corrected chi connectivity index (χ4v) is 7.28. The van der Waals surface area contributed by atoms with E-state index in [-0.39, 0.29) is 29.0 Å². The van der Waals surface area contributed by atoms with Crippen molar-refractivity contribution in [1.82, 2.24) is 0 Å². The lowest BCUT2D eigenvalue weighted by molar-refractivity contribution is -0.182. The minimum absolute atomic E-state index is 0.0697. The first-order chi connectivity index (χ1) is 14.1. The van der Waals surface area contributed by atoms with Gasteiger partial charge in [0.1, 0.15) is 12.2 Å². The molecule has 4 rings (SSSR count). The quantitative estimate of drug-likeness (QED) is 0.649. The first kappa shape index (κ1) is 23.6. The average molecular weight is 421 g/mol. The lowest BCUT2D eigenvalue weighted by Gasteiger charge is -2.60. The highest BCUT2D eigenvalue weighted by molar-refractivity contribution is 5.91. The number of carbonyl (C=O) groups is 2. The number of carbonyl (C=O) groups excluding carboxylic acids is 2. The molecule has 30 heavy (non-hydrogen) atoms. The molecule has 0 amide bonds. The largest absolute Gasteiger partial charge is 0.393 e. The SMILES string of the molecule is CCCC.C[C@]12CCC(=O)C=C1CC[C@@H]1[C@@H]2[C@@H](O)C[C@@]2(C)[C@H]1CC[C@]2(O)C(=O)CO. The zero-order chi connectivity index (χ0) is 22.3. The number of hydrogen-bond acceptors (Lipinski definition) is 5. The van der Waals surface area contributed by atoms with Crippen molar-refractivity contribution in [2.45, 2.75) is 97.2 Å². The second kappa shape index (κ2) is 8.48. The molecule has 0 aliphatic heterocycles. The van der Waals surface area contributed by atoms with E-state index in [9.17, 15) is 24.9 Å². The Kier molecular flexibility index (Phi) is 6.67. The molecule has 170 valence electrons. The summed E-state index contributed by atoms with van der Waals surface area (Å²) in [4.78, 5) is 24.3. The molecule has 3 saturated carbocycles. The summed E-state index contributed by atoms with van der Waals surface area (Å²) in [5, 5.41) is 31.7. The second-order valence-electron chi connectivity index (χ2n) is 10.6. The summed E-state index contributed by atoms with van der Waals surface area (Å²) >= 11 is 0. The van der Waals surface area contributed by atoms with Crippen LogP contribution in [0.15, 0.2) is 11.6 Å². The minimum atomic E-state index is -1.54. The number of hydrogen-bond donors (Lipinski definition) is 3. The van der Waals surface area contributed by atoms with E-state index in [1.807, 2.05) is 6.92 Å². The highest BCUT2D eigenvalue weighted by Crippen LogP contribution is 2.67. The molecular formula is C25H40O5. The summed E-state index contributed by atoms with van der Waals surface area (Å²) in [6, 6.07) is 0. The first-order valence-electron chi connectivity index (χ1n) is 11.9. The maximum absolute atomic E-state index is 12.4. The van der Waals surface area contributed by atoms with Gasteiger partial charge in [-0.1, -0.05) is 46.1 Å². The lowest BCUT2D eigenvalue weighted by atomic mass is 9.45. The van der Waals surface area contributed by atoms with Gasteiger partial charge in [0, 0.05) is 11.8 Å². The zero-order valence-electron chi connectivity index (χ0n) is 19.1. The molecule has 0 aromatic carbocycles. The molecule has 7 atom stereocenters. The van der Waals surface area contributed by atoms with Crippen LogP contribution in [-0.4, -0.2) is 45.2 Å². The minimum Gasteiger partial charge on any atom is -0.393 e. The van der Waals surface area contributed by atoms with Crippen molar-refractivity contribution in [1.29, 1.82) is 0 Å². The average Bonchev–Trinajstić information content (AvgIpc) is 2.99. The fraction of sp³-hybridized carbons (Fsp3) is 0.840. The smallest absolute Gasteiger partial charge is 0.190 e. The summed E-state index contributed by atoms with van der Waals surface area (Å²) in [6.07, 6.45) is 8.37. The summed E-state index contributed by atoms with van der Waals surface area (Å²) in [6.45, 7) is 7.82. The van der Waals surface area contributed by atoms with E-state index in [2.05, 4.69) is 20.8 Å². The van der Waals surface area contributed by atoms with E-state index in [0.29, 0.717) is 19.3 Å². The van der Waals surface area contributed by atoms with Gasteiger partial charge in [-0.05, 0) is 67.8 Å². The lowest BCUT2D eigenvalue weighted by Crippen LogP contribution is -2.62. The monoisotopic (exact) mass is 420 g/mol. The summed E-state index contributed by atoms with van der Waals surface area (Å²) in [5.74, 6) is 0.140. The Morgan fingerprint density at radius 3 is 2.40 bits per heavy atom. The van der Waals surface area contributed by atoms with Gasteiger partial charge in [-0.15, -0.1) is 0 Å². The Morgan fingerprint density at radius 1 is 1.13 bits per heavy atom. The molecule has 0 heterocycles. The van der Waals surface area contributed by atoms with E-state index in [4.69, 9.17) is 0 Å². The molecule has 0 radical (unpaired) electrons. The van der Waals surface area contributed by atoms with Gasteiger partial charge in [-0.2, -0.15) is 0 Å². The van der Waals surface area contributed by atoms with E-state index < -0.39 is 29.5 Å². The Bertz CT molecular complexity index is 712. The van der Waals surface area contributed by atoms with Gasteiger partial charge in [0.2, 0.25) is 0 Å². The molecule has 0 saturated heterocycles. The van der Waals surface area contributed by atoms with Gasteiger partial charge in [0.05, 0.1) is 6.10 Å². The van der Waals surface area contributed by atoms with Crippen molar-refractivity contribution in [3.8, 4) is 0 Å². The standard InChI is InChI=1S/C21H30O5.C4H10/c1-19-7-5-13(23)9-12(19)3-4-14-15-6-8-21(26,17(25)11-22)20(15,2)10-16(24)18(14)19;1-3-4-2/h9,14-16,18,22,24,26H,3-8,10-11H2,1-2H3;3-4H2,1-2H3/t14-,15-,16-,18+,19-,20-,21-;/m0./s1. The van der Waals surface area contributed by atoms with Crippen molar-refractivity contribution in [2.75, 3.05) is 6.61 Å². The third kappa shape index (κ3) is 3.41. The second-order valence-corrected chi connectivity index (χ2v) is 10.6. The number of aliphatic hydroxyl groups is 3. The van der Waals surface area contributed by atoms with Crippen LogP contribution in [0, 0.1) is 28.6 Å². The van der Waals surface area contributed by atoms with Crippen LogP contribution in [0.1, 0.15) is 85.5 Å². The molecule has 0 aromatic heterocycles. The van der Waals surface area contributed by atoms with Crippen LogP contribution in [0.25, 0.3) is 0 Å². The highest BCUT2D eigenvalue weighted by atomic mass is 16.3. The van der Waals surface area contributed by atoms with E-state index in [1.54, 1.807) is 6.08 Å². The molecular weight excluding hydrogens is 380 g/mol. The first-order valence-corrected chi connectivity index (χ1v) is 11.9. The van der Waals surface area contributed by atoms with Crippen LogP contribution in [-0.2, 0) is 9.59 Å². The van der Waals surface area contributed by atoms with Gasteiger partial charge in [0.25, 0.3) is 0 Å². The molecule has 0 bridgehead atoms. The number of unbranched alkanes of at least 4 members (excludes halogenated alkanes) is 1. The number of Topliss-reactive ketones (excluding diaryl/α,β-unsaturated/α-hetero) is 1. The van der Waals surface area contributed by atoms with Gasteiger partial charge in [-0.25, -0.2) is 0 Å². The number of fused-ring (bicyclic) bond motifs is 5. The zero-order valence-corrected chi connectivity index (χ0v) is 19.1. The van der Waals surface area contributed by atoms with Gasteiger partial charge >= 0.3 is 0 Å². The number of aliphatic hydroxyl groups excluding tert-OH is 2. The van der Waals surface area contributed by atoms with Gasteiger partial charge in [0.15, 0.2) is 11.6 Å². The van der Waals surface area contributed by atoms with Crippen molar-refractivity contribution in [2.24, 2.45) is 28.6 Å². The van der Waals surface area contributed by atoms with E-state index >= 15 is 0 Å². The summed E-state index contributed by atoms with van der Waals surface area (Å²) < 4.78 is 0. The molecule has 3 N–H and O–H groups in total. The normalized spacial score (nSPS) is 44.8. The van der Waals surface area contributed by atoms with Crippen LogP contribution in [0.3, 0.4) is 0 Å². The third-order valence-corrected chi connectivity index (χ3v) is 9.15. The van der Waals surface area contributed by atoms with Gasteiger partial charge < -0.3 is 15.3 Å². The van der Waals surface area contributed by atoms with Crippen molar-refractivity contribution < 1.29 is 24.9 Å². The third-order valence-electron chi connectivity index (χ3n) is 9.15. The van der Waals surface area contributed by atoms with E-state index in [0.717, 1.165) is 25.7 Å². The molecule has 5 nitrogen and oxygen atoms in total. The predicted octanol–water partition coefficient (Wildman–Crippen LogP) is 3.59. The molecule has 4 aliphatic carbocycles. The Labute approximate surface area is 180 Å². The van der Waals surface area contributed by atoms with Crippen LogP contribution in [0.5, 0.6) is 0 Å². The molecule has 4 aliphatic rings. The van der Waals surface area contributed by atoms with Crippen LogP contribution in [0.4, 0.5) is 0 Å². The van der Waals surface area contributed by atoms with Gasteiger partial charge in [-0.3, -0.25) is 9.59 Å². The number of ketones is 2. The highest BCUT2D eigenvalue weighted by Gasteiger charge is 2.68. The molecule has 0 spiro atoms. The Morgan fingerprint density at radius 2 is 1.80 bits per heavy atom. The predicted molar refractivity (Wildman–Crippen MR) is 116 cm³/mol. The summed E-state index contributed by atoms with van der Waals surface area (Å²) in [5.41, 5.74) is -1.23. The van der Waals surface area contributed by atoms with Crippen LogP contribution < -0.4 is 0 Å². The summed E-state index contributed by atoms with van der Waals surface area (Å²) in [7, 11) is 0. The Balaban J connectivity index is 0.000000589. The molecule has 3 fully saturated rings. The van der Waals surface area contributed by atoms with Crippen molar-refractivity contribution in [3.63, 3.8) is 0 Å².